The van der Waals surface area contributed by atoms with Crippen LogP contribution in [0.4, 0.5) is 0 Å². The van der Waals surface area contributed by atoms with E-state index in [2.05, 4.69) is 0 Å². The lowest BCUT2D eigenvalue weighted by atomic mass is 9.82. The molecule has 3 N–H and O–H groups in total. The van der Waals surface area contributed by atoms with Crippen LogP contribution in [-0.2, 0) is 10.0 Å². The van der Waals surface area contributed by atoms with Gasteiger partial charge < -0.3 is 11.1 Å². The summed E-state index contributed by atoms with van der Waals surface area (Å²) in [5, 5.41) is 7.87. The summed E-state index contributed by atoms with van der Waals surface area (Å²) in [7, 11) is -3.21. The average Bonchev–Trinajstić information content (AvgIpc) is 2.15. The number of piperidine rings is 2. The maximum Gasteiger partial charge on any atom is 0.212 e. The van der Waals surface area contributed by atoms with Crippen molar-refractivity contribution in [2.45, 2.75) is 37.8 Å². The Balaban J connectivity index is 2.44. The highest BCUT2D eigenvalue weighted by Gasteiger charge is 2.43. The number of hydrogen-bond donors (Lipinski definition) is 2. The maximum atomic E-state index is 11.8. The van der Waals surface area contributed by atoms with Crippen LogP contribution in [0.15, 0.2) is 11.8 Å². The van der Waals surface area contributed by atoms with E-state index in [0.717, 1.165) is 19.3 Å². The highest BCUT2D eigenvalue weighted by atomic mass is 32.2. The Kier molecular flexibility index (Phi) is 2.79. The highest BCUT2D eigenvalue weighted by molar-refractivity contribution is 7.88. The second-order valence-electron chi connectivity index (χ2n) is 4.50. The summed E-state index contributed by atoms with van der Waals surface area (Å²) in [5.41, 5.74) is 6.69. The normalized spacial score (nSPS) is 34.3. The number of fused-ring (bicyclic) bond motifs is 2. The van der Waals surface area contributed by atoms with Gasteiger partial charge in [0.05, 0.1) is 12.3 Å². The Morgan fingerprint density at radius 3 is 2.75 bits per heavy atom. The third kappa shape index (κ3) is 1.76. The molecule has 2 bridgehead atoms. The molecule has 0 saturated carbocycles. The quantitative estimate of drug-likeness (QED) is 0.700. The van der Waals surface area contributed by atoms with Crippen molar-refractivity contribution in [3.05, 3.63) is 11.8 Å². The van der Waals surface area contributed by atoms with Gasteiger partial charge in [-0.15, -0.1) is 0 Å². The van der Waals surface area contributed by atoms with Gasteiger partial charge >= 0.3 is 0 Å². The van der Waals surface area contributed by atoms with Crippen LogP contribution in [0.25, 0.3) is 0 Å². The summed E-state index contributed by atoms with van der Waals surface area (Å²) in [6.07, 6.45) is 5.76. The van der Waals surface area contributed by atoms with Gasteiger partial charge in [0.1, 0.15) is 0 Å². The molecule has 0 aliphatic carbocycles. The first-order valence-electron chi connectivity index (χ1n) is 5.43. The minimum atomic E-state index is -3.21. The van der Waals surface area contributed by atoms with Gasteiger partial charge in [0.15, 0.2) is 0 Å². The van der Waals surface area contributed by atoms with Crippen molar-refractivity contribution in [2.24, 2.45) is 5.73 Å². The molecule has 6 heteroatoms. The van der Waals surface area contributed by atoms with E-state index in [1.54, 1.807) is 4.31 Å². The van der Waals surface area contributed by atoms with Crippen LogP contribution < -0.4 is 5.73 Å². The second-order valence-corrected chi connectivity index (χ2v) is 6.39. The molecule has 5 nitrogen and oxygen atoms in total. The monoisotopic (exact) mass is 243 g/mol. The zero-order valence-electron chi connectivity index (χ0n) is 9.31. The summed E-state index contributed by atoms with van der Waals surface area (Å²) in [4.78, 5) is 0. The van der Waals surface area contributed by atoms with Crippen LogP contribution in [0.5, 0.6) is 0 Å². The lowest BCUT2D eigenvalue weighted by Gasteiger charge is -2.45. The fraction of sp³-hybridized carbons (Fsp3) is 0.700. The summed E-state index contributed by atoms with van der Waals surface area (Å²) in [6.45, 7) is 0. The molecule has 2 aliphatic rings. The van der Waals surface area contributed by atoms with E-state index in [9.17, 15) is 8.42 Å². The standard InChI is InChI=1S/C10H17N3O2S/c1-16(14,15)13-7-3-2-4-10(13)8(6-11)9(12)5-7/h6-7,10,12H,2-5,11H2,1H3/b8-6+,12-9?. The van der Waals surface area contributed by atoms with E-state index in [0.29, 0.717) is 17.7 Å². The van der Waals surface area contributed by atoms with Crippen LogP contribution in [0.3, 0.4) is 0 Å². The van der Waals surface area contributed by atoms with E-state index in [-0.39, 0.29) is 12.1 Å². The predicted molar refractivity (Wildman–Crippen MR) is 62.7 cm³/mol. The van der Waals surface area contributed by atoms with E-state index in [1.807, 2.05) is 0 Å². The predicted octanol–water partition coefficient (Wildman–Crippen LogP) is 0.435. The molecular formula is C10H17N3O2S. The van der Waals surface area contributed by atoms with E-state index in [4.69, 9.17) is 11.1 Å². The molecule has 16 heavy (non-hydrogen) atoms. The molecule has 0 amide bonds. The van der Waals surface area contributed by atoms with E-state index < -0.39 is 10.0 Å². The Morgan fingerprint density at radius 2 is 2.19 bits per heavy atom. The molecule has 0 aromatic rings. The summed E-state index contributed by atoms with van der Waals surface area (Å²) in [6, 6.07) is -0.245. The van der Waals surface area contributed by atoms with Gasteiger partial charge in [0.2, 0.25) is 10.0 Å². The first kappa shape index (κ1) is 11.6. The molecule has 2 heterocycles. The molecule has 2 rings (SSSR count). The molecule has 2 atom stereocenters. The Hall–Kier alpha value is -0.880. The zero-order chi connectivity index (χ0) is 11.9. The van der Waals surface area contributed by atoms with Crippen LogP contribution in [0.2, 0.25) is 0 Å². The highest BCUT2D eigenvalue weighted by Crippen LogP contribution is 2.36. The largest absolute Gasteiger partial charge is 0.404 e. The fourth-order valence-corrected chi connectivity index (χ4v) is 4.21. The lowest BCUT2D eigenvalue weighted by molar-refractivity contribution is 0.198. The third-order valence-electron chi connectivity index (χ3n) is 3.39. The number of hydrogen-bond acceptors (Lipinski definition) is 4. The fourth-order valence-electron chi connectivity index (χ4n) is 2.81. The Morgan fingerprint density at radius 1 is 1.50 bits per heavy atom. The molecule has 90 valence electrons. The van der Waals surface area contributed by atoms with Crippen molar-refractivity contribution in [3.63, 3.8) is 0 Å². The van der Waals surface area contributed by atoms with Gasteiger partial charge in [-0.05, 0) is 19.3 Å². The van der Waals surface area contributed by atoms with Gasteiger partial charge in [0, 0.05) is 29.9 Å². The first-order valence-corrected chi connectivity index (χ1v) is 7.28. The molecule has 0 aromatic heterocycles. The smallest absolute Gasteiger partial charge is 0.212 e. The first-order chi connectivity index (χ1) is 7.45. The minimum Gasteiger partial charge on any atom is -0.404 e. The Labute approximate surface area is 95.9 Å². The summed E-state index contributed by atoms with van der Waals surface area (Å²) >= 11 is 0. The SMILES string of the molecule is CS(=O)(=O)N1C2CCCC1/C(=C/N)C(=N)C2. The van der Waals surface area contributed by atoms with Crippen LogP contribution in [0.1, 0.15) is 25.7 Å². The van der Waals surface area contributed by atoms with Crippen LogP contribution >= 0.6 is 0 Å². The third-order valence-corrected chi connectivity index (χ3v) is 4.71. The molecule has 2 unspecified atom stereocenters. The molecule has 0 aromatic carbocycles. The van der Waals surface area contributed by atoms with E-state index >= 15 is 0 Å². The summed E-state index contributed by atoms with van der Waals surface area (Å²) in [5.74, 6) is 0. The molecule has 2 saturated heterocycles. The van der Waals surface area contributed by atoms with Gasteiger partial charge in [-0.25, -0.2) is 8.42 Å². The zero-order valence-corrected chi connectivity index (χ0v) is 10.1. The minimum absolute atomic E-state index is 0.0371. The maximum absolute atomic E-state index is 11.8. The average molecular weight is 243 g/mol. The van der Waals surface area contributed by atoms with Crippen molar-refractivity contribution < 1.29 is 8.42 Å². The number of sulfonamides is 1. The summed E-state index contributed by atoms with van der Waals surface area (Å²) < 4.78 is 25.1. The van der Waals surface area contributed by atoms with Gasteiger partial charge in [0.25, 0.3) is 0 Å². The number of nitrogens with one attached hydrogen (secondary N) is 1. The number of rotatable bonds is 1. The van der Waals surface area contributed by atoms with Gasteiger partial charge in [-0.2, -0.15) is 4.31 Å². The molecule has 0 radical (unpaired) electrons. The van der Waals surface area contributed by atoms with E-state index in [1.165, 1.54) is 12.5 Å². The second kappa shape index (κ2) is 3.85. The molecule has 0 spiro atoms. The molecular weight excluding hydrogens is 226 g/mol. The lowest BCUT2D eigenvalue weighted by Crippen LogP contribution is -2.55. The van der Waals surface area contributed by atoms with Gasteiger partial charge in [-0.1, -0.05) is 0 Å². The van der Waals surface area contributed by atoms with Crippen molar-refractivity contribution in [1.29, 1.82) is 5.41 Å². The van der Waals surface area contributed by atoms with Crippen molar-refractivity contribution in [3.8, 4) is 0 Å². The van der Waals surface area contributed by atoms with Crippen molar-refractivity contribution in [1.82, 2.24) is 4.31 Å². The molecule has 2 fully saturated rings. The topological polar surface area (TPSA) is 87.2 Å². The van der Waals surface area contributed by atoms with Gasteiger partial charge in [-0.3, -0.25) is 0 Å². The molecule has 2 aliphatic heterocycles. The Bertz CT molecular complexity index is 441. The van der Waals surface area contributed by atoms with Crippen LogP contribution in [0, 0.1) is 5.41 Å². The van der Waals surface area contributed by atoms with Crippen LogP contribution in [-0.4, -0.2) is 36.8 Å². The van der Waals surface area contributed by atoms with Crippen molar-refractivity contribution >= 4 is 15.7 Å². The van der Waals surface area contributed by atoms with Crippen molar-refractivity contribution in [2.75, 3.05) is 6.26 Å². The number of nitrogens with zero attached hydrogens (tertiary/aromatic N) is 1. The number of nitrogens with two attached hydrogens (primary N) is 1.